The number of carbonyl (C=O) groups is 3. The van der Waals surface area contributed by atoms with Crippen LogP contribution in [0.2, 0.25) is 25.7 Å². The Bertz CT molecular complexity index is 647. The van der Waals surface area contributed by atoms with Crippen molar-refractivity contribution in [3.8, 4) is 5.75 Å². The molecule has 0 N–H and O–H groups in total. The summed E-state index contributed by atoms with van der Waals surface area (Å²) in [4.78, 5) is 36.9. The van der Waals surface area contributed by atoms with E-state index >= 15 is 0 Å². The van der Waals surface area contributed by atoms with E-state index < -0.39 is 31.8 Å². The third-order valence-electron chi connectivity index (χ3n) is 4.96. The number of methoxy groups -OCH3 is 1. The monoisotopic (exact) mass is 376 g/mol. The number of rotatable bonds is 8. The number of Topliss-reactive ketones (excluding diaryl/α,β-unsaturated/α-hetero) is 1. The van der Waals surface area contributed by atoms with E-state index in [1.165, 1.54) is 0 Å². The van der Waals surface area contributed by atoms with Crippen LogP contribution < -0.4 is 4.74 Å². The van der Waals surface area contributed by atoms with Gasteiger partial charge in [0.25, 0.3) is 0 Å². The van der Waals surface area contributed by atoms with Crippen molar-refractivity contribution in [2.75, 3.05) is 13.7 Å². The maximum atomic E-state index is 12.9. The molecule has 0 aromatic heterocycles. The fourth-order valence-electron chi connectivity index (χ4n) is 3.34. The Balaban J connectivity index is 2.11. The van der Waals surface area contributed by atoms with Crippen LogP contribution >= 0.6 is 0 Å². The van der Waals surface area contributed by atoms with Crippen LogP contribution in [0.4, 0.5) is 0 Å². The molecule has 1 fully saturated rings. The van der Waals surface area contributed by atoms with Crippen LogP contribution in [0.3, 0.4) is 0 Å². The largest absolute Gasteiger partial charge is 0.497 e. The Morgan fingerprint density at radius 3 is 2.35 bits per heavy atom. The number of hydrogen-bond acceptors (Lipinski definition) is 5. The number of aldehydes is 1. The minimum Gasteiger partial charge on any atom is -0.497 e. The van der Waals surface area contributed by atoms with Crippen molar-refractivity contribution in [3.05, 3.63) is 29.8 Å². The Kier molecular flexibility index (Phi) is 6.75. The van der Waals surface area contributed by atoms with Gasteiger partial charge in [0.05, 0.1) is 19.6 Å². The van der Waals surface area contributed by atoms with Crippen LogP contribution in [-0.4, -0.2) is 39.8 Å². The third kappa shape index (κ3) is 5.03. The molecule has 2 rings (SSSR count). The third-order valence-corrected chi connectivity index (χ3v) is 6.66. The summed E-state index contributed by atoms with van der Waals surface area (Å²) in [5, 5.41) is 0. The van der Waals surface area contributed by atoms with Gasteiger partial charge in [0.15, 0.2) is 5.78 Å². The van der Waals surface area contributed by atoms with Gasteiger partial charge in [-0.15, -0.1) is 0 Å². The van der Waals surface area contributed by atoms with Gasteiger partial charge in [0, 0.05) is 25.5 Å². The van der Waals surface area contributed by atoms with Crippen molar-refractivity contribution >= 4 is 26.1 Å². The number of esters is 1. The van der Waals surface area contributed by atoms with Crippen LogP contribution in [-0.2, 0) is 14.3 Å². The molecule has 6 heteroatoms. The minimum atomic E-state index is -1.31. The second kappa shape index (κ2) is 8.62. The average Bonchev–Trinajstić information content (AvgIpc) is 3.04. The maximum absolute atomic E-state index is 12.9. The van der Waals surface area contributed by atoms with E-state index in [9.17, 15) is 14.4 Å². The van der Waals surface area contributed by atoms with Gasteiger partial charge in [0.1, 0.15) is 12.0 Å². The van der Waals surface area contributed by atoms with Gasteiger partial charge in [-0.1, -0.05) is 19.6 Å². The van der Waals surface area contributed by atoms with Crippen LogP contribution in [0.5, 0.6) is 5.75 Å². The van der Waals surface area contributed by atoms with Crippen LogP contribution in [0.1, 0.15) is 23.2 Å². The molecule has 0 heterocycles. The summed E-state index contributed by atoms with van der Waals surface area (Å²) in [7, 11) is 0.249. The van der Waals surface area contributed by atoms with Gasteiger partial charge in [-0.3, -0.25) is 9.59 Å². The molecule has 26 heavy (non-hydrogen) atoms. The van der Waals surface area contributed by atoms with Gasteiger partial charge in [-0.05, 0) is 43.2 Å². The van der Waals surface area contributed by atoms with Gasteiger partial charge in [-0.2, -0.15) is 0 Å². The van der Waals surface area contributed by atoms with E-state index in [-0.39, 0.29) is 5.78 Å². The summed E-state index contributed by atoms with van der Waals surface area (Å²) in [6.07, 6.45) is 1.87. The molecule has 3 atom stereocenters. The molecule has 0 unspecified atom stereocenters. The first-order valence-corrected chi connectivity index (χ1v) is 12.8. The number of carbonyl (C=O) groups excluding carboxylic acids is 3. The Hall–Kier alpha value is -1.95. The van der Waals surface area contributed by atoms with E-state index in [1.807, 2.05) is 0 Å². The number of ketones is 1. The van der Waals surface area contributed by atoms with Gasteiger partial charge >= 0.3 is 5.97 Å². The molecule has 1 aromatic carbocycles. The van der Waals surface area contributed by atoms with Crippen LogP contribution in [0.25, 0.3) is 0 Å². The SMILES string of the molecule is COc1ccc(C(=O)[C@H]2CC[C@@H](C=O)[C@@H]2C(=O)OCC[Si](C)(C)C)cc1. The lowest BCUT2D eigenvalue weighted by Crippen LogP contribution is -2.33. The molecule has 5 nitrogen and oxygen atoms in total. The molecule has 1 aliphatic rings. The quantitative estimate of drug-likeness (QED) is 0.300. The molecule has 142 valence electrons. The first-order valence-electron chi connectivity index (χ1n) is 9.07. The zero-order valence-electron chi connectivity index (χ0n) is 16.0. The summed E-state index contributed by atoms with van der Waals surface area (Å²) in [6, 6.07) is 7.71. The van der Waals surface area contributed by atoms with Crippen molar-refractivity contribution in [1.29, 1.82) is 0 Å². The molecule has 1 aliphatic carbocycles. The lowest BCUT2D eigenvalue weighted by Gasteiger charge is -2.21. The van der Waals surface area contributed by atoms with Crippen molar-refractivity contribution in [2.24, 2.45) is 17.8 Å². The summed E-state index contributed by atoms with van der Waals surface area (Å²) in [5.41, 5.74) is 0.530. The van der Waals surface area contributed by atoms with Gasteiger partial charge in [0.2, 0.25) is 0 Å². The molecule has 0 radical (unpaired) electrons. The lowest BCUT2D eigenvalue weighted by atomic mass is 9.85. The second-order valence-electron chi connectivity index (χ2n) is 8.08. The normalized spacial score (nSPS) is 22.7. The zero-order chi connectivity index (χ0) is 19.3. The highest BCUT2D eigenvalue weighted by Gasteiger charge is 2.45. The Labute approximate surface area is 156 Å². The summed E-state index contributed by atoms with van der Waals surface area (Å²) in [5.74, 6) is -1.47. The Morgan fingerprint density at radius 1 is 1.15 bits per heavy atom. The number of benzene rings is 1. The minimum absolute atomic E-state index is 0.107. The molecule has 0 spiro atoms. The first-order chi connectivity index (χ1) is 12.3. The van der Waals surface area contributed by atoms with E-state index in [4.69, 9.17) is 9.47 Å². The van der Waals surface area contributed by atoms with E-state index in [1.54, 1.807) is 31.4 Å². The molecular formula is C20H28O5Si. The highest BCUT2D eigenvalue weighted by molar-refractivity contribution is 6.76. The van der Waals surface area contributed by atoms with Crippen LogP contribution in [0.15, 0.2) is 24.3 Å². The Morgan fingerprint density at radius 2 is 1.81 bits per heavy atom. The topological polar surface area (TPSA) is 69.7 Å². The van der Waals surface area contributed by atoms with Crippen molar-refractivity contribution in [1.82, 2.24) is 0 Å². The highest BCUT2D eigenvalue weighted by atomic mass is 28.3. The summed E-state index contributed by atoms with van der Waals surface area (Å²) >= 11 is 0. The average molecular weight is 377 g/mol. The van der Waals surface area contributed by atoms with Crippen molar-refractivity contribution < 1.29 is 23.9 Å². The van der Waals surface area contributed by atoms with Gasteiger partial charge < -0.3 is 14.3 Å². The predicted molar refractivity (Wildman–Crippen MR) is 102 cm³/mol. The second-order valence-corrected chi connectivity index (χ2v) is 13.7. The molecule has 1 aromatic rings. The fourth-order valence-corrected chi connectivity index (χ4v) is 4.05. The smallest absolute Gasteiger partial charge is 0.310 e. The van der Waals surface area contributed by atoms with E-state index in [2.05, 4.69) is 19.6 Å². The molecule has 0 bridgehead atoms. The number of hydrogen-bond donors (Lipinski definition) is 0. The van der Waals surface area contributed by atoms with E-state index in [0.717, 1.165) is 12.3 Å². The molecule has 0 amide bonds. The fraction of sp³-hybridized carbons (Fsp3) is 0.550. The van der Waals surface area contributed by atoms with E-state index in [0.29, 0.717) is 30.8 Å². The molecular weight excluding hydrogens is 348 g/mol. The van der Waals surface area contributed by atoms with Crippen molar-refractivity contribution in [2.45, 2.75) is 38.5 Å². The summed E-state index contributed by atoms with van der Waals surface area (Å²) < 4.78 is 10.6. The zero-order valence-corrected chi connectivity index (χ0v) is 17.0. The molecule has 0 aliphatic heterocycles. The summed E-state index contributed by atoms with van der Waals surface area (Å²) in [6.45, 7) is 6.99. The molecule has 0 saturated heterocycles. The first kappa shape index (κ1) is 20.4. The standard InChI is InChI=1S/C20H28O5Si/c1-24-16-8-5-14(6-9-16)19(22)17-10-7-15(13-21)18(17)20(23)25-11-12-26(2,3)4/h5-6,8-9,13,15,17-18H,7,10-12H2,1-4H3/t15-,17-,18-/m0/s1. The van der Waals surface area contributed by atoms with Crippen LogP contribution in [0, 0.1) is 17.8 Å². The lowest BCUT2D eigenvalue weighted by molar-refractivity contribution is -0.151. The van der Waals surface area contributed by atoms with Crippen molar-refractivity contribution in [3.63, 3.8) is 0 Å². The molecule has 1 saturated carbocycles. The number of ether oxygens (including phenoxy) is 2. The predicted octanol–water partition coefficient (Wildman–Crippen LogP) is 3.60. The van der Waals surface area contributed by atoms with Gasteiger partial charge in [-0.25, -0.2) is 0 Å². The maximum Gasteiger partial charge on any atom is 0.310 e. The highest BCUT2D eigenvalue weighted by Crippen LogP contribution is 2.39.